The van der Waals surface area contributed by atoms with Crippen LogP contribution in [0, 0.1) is 0 Å². The standard InChI is InChI=1S/C13H17BN4O2/c1-12(2)13(3,4)20-14(19-12)10-5-7-11(8-6-10)18-16-9-15-17-18/h5-9H,1-4H3. The highest BCUT2D eigenvalue weighted by atomic mass is 16.7. The number of hydrogen-bond donors (Lipinski definition) is 0. The Morgan fingerprint density at radius 3 is 2.10 bits per heavy atom. The molecule has 0 spiro atoms. The lowest BCUT2D eigenvalue weighted by Crippen LogP contribution is -2.41. The number of benzene rings is 1. The van der Waals surface area contributed by atoms with Crippen LogP contribution in [0.15, 0.2) is 30.6 Å². The monoisotopic (exact) mass is 272 g/mol. The van der Waals surface area contributed by atoms with Crippen LogP contribution in [0.3, 0.4) is 0 Å². The van der Waals surface area contributed by atoms with Gasteiger partial charge in [0.05, 0.1) is 16.9 Å². The second-order valence-corrected chi connectivity index (χ2v) is 5.91. The molecule has 3 rings (SSSR count). The quantitative estimate of drug-likeness (QED) is 0.762. The van der Waals surface area contributed by atoms with Crippen LogP contribution in [0.25, 0.3) is 5.69 Å². The van der Waals surface area contributed by atoms with Crippen molar-refractivity contribution in [2.75, 3.05) is 0 Å². The predicted molar refractivity (Wildman–Crippen MR) is 74.9 cm³/mol. The lowest BCUT2D eigenvalue weighted by Gasteiger charge is -2.32. The van der Waals surface area contributed by atoms with E-state index in [9.17, 15) is 0 Å². The van der Waals surface area contributed by atoms with Crippen molar-refractivity contribution in [3.63, 3.8) is 0 Å². The third kappa shape index (κ3) is 2.12. The van der Waals surface area contributed by atoms with Gasteiger partial charge in [0, 0.05) is 0 Å². The van der Waals surface area contributed by atoms with Gasteiger partial charge in [0.2, 0.25) is 0 Å². The van der Waals surface area contributed by atoms with Gasteiger partial charge >= 0.3 is 7.12 Å². The molecule has 2 heterocycles. The third-order valence-electron chi connectivity index (χ3n) is 4.00. The smallest absolute Gasteiger partial charge is 0.399 e. The van der Waals surface area contributed by atoms with Crippen molar-refractivity contribution < 1.29 is 9.31 Å². The van der Waals surface area contributed by atoms with E-state index in [4.69, 9.17) is 9.31 Å². The van der Waals surface area contributed by atoms with Gasteiger partial charge < -0.3 is 9.31 Å². The van der Waals surface area contributed by atoms with Gasteiger partial charge in [0.15, 0.2) is 6.33 Å². The molecule has 0 saturated carbocycles. The minimum atomic E-state index is -0.349. The van der Waals surface area contributed by atoms with E-state index in [1.54, 1.807) is 0 Å². The highest BCUT2D eigenvalue weighted by Gasteiger charge is 2.51. The number of hydrogen-bond acceptors (Lipinski definition) is 5. The summed E-state index contributed by atoms with van der Waals surface area (Å²) in [5.74, 6) is 0. The van der Waals surface area contributed by atoms with Crippen LogP contribution in [-0.4, -0.2) is 38.5 Å². The molecule has 0 N–H and O–H groups in total. The zero-order chi connectivity index (χ0) is 14.4. The average Bonchev–Trinajstić information content (AvgIpc) is 2.97. The fourth-order valence-electron chi connectivity index (χ4n) is 2.03. The molecule has 0 unspecified atom stereocenters. The van der Waals surface area contributed by atoms with Gasteiger partial charge in [0.1, 0.15) is 0 Å². The van der Waals surface area contributed by atoms with Crippen LogP contribution < -0.4 is 5.46 Å². The van der Waals surface area contributed by atoms with Gasteiger partial charge in [-0.25, -0.2) is 0 Å². The summed E-state index contributed by atoms with van der Waals surface area (Å²) in [7, 11) is -0.349. The maximum atomic E-state index is 6.01. The number of aromatic nitrogens is 4. The van der Waals surface area contributed by atoms with Crippen molar-refractivity contribution >= 4 is 12.6 Å². The van der Waals surface area contributed by atoms with E-state index in [2.05, 4.69) is 15.4 Å². The van der Waals surface area contributed by atoms with Crippen LogP contribution in [0.1, 0.15) is 27.7 Å². The number of rotatable bonds is 2. The summed E-state index contributed by atoms with van der Waals surface area (Å²) >= 11 is 0. The van der Waals surface area contributed by atoms with Crippen molar-refractivity contribution in [1.29, 1.82) is 0 Å². The highest BCUT2D eigenvalue weighted by Crippen LogP contribution is 2.36. The zero-order valence-corrected chi connectivity index (χ0v) is 12.1. The maximum absolute atomic E-state index is 6.01. The fraction of sp³-hybridized carbons (Fsp3) is 0.462. The molecular formula is C13H17BN4O2. The largest absolute Gasteiger partial charge is 0.494 e. The third-order valence-corrected chi connectivity index (χ3v) is 4.00. The summed E-state index contributed by atoms with van der Waals surface area (Å²) in [6.45, 7) is 8.17. The Morgan fingerprint density at radius 1 is 1.00 bits per heavy atom. The van der Waals surface area contributed by atoms with Crippen LogP contribution in [0.5, 0.6) is 0 Å². The molecule has 1 aliphatic rings. The summed E-state index contributed by atoms with van der Waals surface area (Å²) in [4.78, 5) is 1.47. The first kappa shape index (κ1) is 13.3. The zero-order valence-electron chi connectivity index (χ0n) is 12.1. The van der Waals surface area contributed by atoms with Crippen LogP contribution in [0.4, 0.5) is 0 Å². The molecule has 0 radical (unpaired) electrons. The van der Waals surface area contributed by atoms with Crippen molar-refractivity contribution in [1.82, 2.24) is 20.2 Å². The van der Waals surface area contributed by atoms with Gasteiger partial charge in [-0.15, -0.1) is 15.0 Å². The van der Waals surface area contributed by atoms with Crippen LogP contribution in [0.2, 0.25) is 0 Å². The molecule has 2 aromatic rings. The van der Waals surface area contributed by atoms with Gasteiger partial charge in [-0.2, -0.15) is 0 Å². The fourth-order valence-corrected chi connectivity index (χ4v) is 2.03. The topological polar surface area (TPSA) is 62.1 Å². The Morgan fingerprint density at radius 2 is 1.60 bits per heavy atom. The molecule has 0 bridgehead atoms. The van der Waals surface area contributed by atoms with Crippen molar-refractivity contribution in [3.8, 4) is 5.69 Å². The first-order valence-corrected chi connectivity index (χ1v) is 6.58. The SMILES string of the molecule is CC1(C)OB(c2ccc(-n3ncnn3)cc2)OC1(C)C. The average molecular weight is 272 g/mol. The summed E-state index contributed by atoms with van der Waals surface area (Å²) in [5, 5.41) is 11.5. The number of nitrogens with zero attached hydrogens (tertiary/aromatic N) is 4. The molecule has 1 aromatic carbocycles. The summed E-state index contributed by atoms with van der Waals surface area (Å²) in [5.41, 5.74) is 1.17. The maximum Gasteiger partial charge on any atom is 0.494 e. The molecule has 1 saturated heterocycles. The van der Waals surface area contributed by atoms with E-state index in [-0.39, 0.29) is 18.3 Å². The summed E-state index contributed by atoms with van der Waals surface area (Å²) in [6.07, 6.45) is 1.40. The number of tetrazole rings is 1. The molecule has 1 aliphatic heterocycles. The Bertz CT molecular complexity index is 579. The Labute approximate surface area is 118 Å². The minimum Gasteiger partial charge on any atom is -0.399 e. The summed E-state index contributed by atoms with van der Waals surface area (Å²) < 4.78 is 12.0. The van der Waals surface area contributed by atoms with E-state index < -0.39 is 0 Å². The van der Waals surface area contributed by atoms with E-state index in [1.165, 1.54) is 11.1 Å². The van der Waals surface area contributed by atoms with E-state index in [0.717, 1.165) is 11.2 Å². The van der Waals surface area contributed by atoms with Gasteiger partial charge in [-0.1, -0.05) is 12.1 Å². The lowest BCUT2D eigenvalue weighted by molar-refractivity contribution is 0.00578. The second kappa shape index (κ2) is 4.39. The van der Waals surface area contributed by atoms with E-state index >= 15 is 0 Å². The normalized spacial score (nSPS) is 20.3. The molecule has 1 fully saturated rings. The van der Waals surface area contributed by atoms with Crippen molar-refractivity contribution in [2.45, 2.75) is 38.9 Å². The van der Waals surface area contributed by atoms with Crippen molar-refractivity contribution in [2.24, 2.45) is 0 Å². The molecule has 104 valence electrons. The highest BCUT2D eigenvalue weighted by molar-refractivity contribution is 6.62. The summed E-state index contributed by atoms with van der Waals surface area (Å²) in [6, 6.07) is 7.76. The predicted octanol–water partition coefficient (Wildman–Crippen LogP) is 0.961. The molecule has 0 amide bonds. The molecule has 6 nitrogen and oxygen atoms in total. The molecule has 0 aliphatic carbocycles. The Kier molecular flexibility index (Phi) is 2.91. The molecular weight excluding hydrogens is 255 g/mol. The van der Waals surface area contributed by atoms with Crippen molar-refractivity contribution in [3.05, 3.63) is 30.6 Å². The van der Waals surface area contributed by atoms with Crippen LogP contribution >= 0.6 is 0 Å². The lowest BCUT2D eigenvalue weighted by atomic mass is 9.79. The molecule has 1 aromatic heterocycles. The van der Waals surface area contributed by atoms with Gasteiger partial charge in [0.25, 0.3) is 0 Å². The molecule has 7 heteroatoms. The van der Waals surface area contributed by atoms with Gasteiger partial charge in [-0.3, -0.25) is 0 Å². The molecule has 0 atom stereocenters. The minimum absolute atomic E-state index is 0.330. The Hall–Kier alpha value is -1.73. The van der Waals surface area contributed by atoms with Gasteiger partial charge in [-0.05, 0) is 50.5 Å². The van der Waals surface area contributed by atoms with E-state index in [1.807, 2.05) is 52.0 Å². The second-order valence-electron chi connectivity index (χ2n) is 5.91. The van der Waals surface area contributed by atoms with E-state index in [0.29, 0.717) is 0 Å². The first-order valence-electron chi connectivity index (χ1n) is 6.58. The van der Waals surface area contributed by atoms with Crippen LogP contribution in [-0.2, 0) is 9.31 Å². The first-order chi connectivity index (χ1) is 9.39. The Balaban J connectivity index is 1.83. The molecule has 20 heavy (non-hydrogen) atoms.